The zero-order chi connectivity index (χ0) is 24.2. The monoisotopic (exact) mass is 468 g/mol. The third-order valence-electron chi connectivity index (χ3n) is 5.94. The van der Waals surface area contributed by atoms with Crippen LogP contribution in [-0.2, 0) is 0 Å². The molecule has 2 aromatic carbocycles. The first-order valence-corrected chi connectivity index (χ1v) is 11.1. The summed E-state index contributed by atoms with van der Waals surface area (Å²) in [5.74, 6) is 1.43. The van der Waals surface area contributed by atoms with Gasteiger partial charge in [0.2, 0.25) is 0 Å². The van der Waals surface area contributed by atoms with Crippen LogP contribution in [0.15, 0.2) is 79.6 Å². The molecule has 2 N–H and O–H groups in total. The number of aromatic amines is 1. The number of benzene rings is 2. The Morgan fingerprint density at radius 2 is 1.94 bits per heavy atom. The second kappa shape index (κ2) is 9.68. The number of para-hydroxylation sites is 2. The summed E-state index contributed by atoms with van der Waals surface area (Å²) < 4.78 is 12.8. The number of pyridine rings is 1. The quantitative estimate of drug-likeness (QED) is 0.359. The minimum Gasteiger partial charge on any atom is -0.493 e. The van der Waals surface area contributed by atoms with Crippen molar-refractivity contribution in [3.05, 3.63) is 96.3 Å². The van der Waals surface area contributed by atoms with Crippen LogP contribution < -0.4 is 14.8 Å². The smallest absolute Gasteiger partial charge is 0.252 e. The van der Waals surface area contributed by atoms with Crippen LogP contribution in [0.4, 0.5) is 0 Å². The molecular formula is C26H24N6O3. The molecule has 9 heteroatoms. The Hall–Kier alpha value is -4.66. The highest BCUT2D eigenvalue weighted by Crippen LogP contribution is 2.40. The van der Waals surface area contributed by atoms with Gasteiger partial charge in [-0.2, -0.15) is 5.10 Å². The summed E-state index contributed by atoms with van der Waals surface area (Å²) in [7, 11) is 3.23. The molecule has 0 spiro atoms. The molecule has 0 saturated heterocycles. The molecule has 0 bridgehead atoms. The Morgan fingerprint density at radius 1 is 1.06 bits per heavy atom. The first-order chi connectivity index (χ1) is 17.2. The SMILES string of the molecule is COc1cccc(C(CNC(=O)c2ccc(-n3cncn3)nc2)c2c[nH]c3ccccc23)c1OC. The van der Waals surface area contributed by atoms with E-state index in [9.17, 15) is 4.79 Å². The molecule has 176 valence electrons. The van der Waals surface area contributed by atoms with E-state index < -0.39 is 0 Å². The van der Waals surface area contributed by atoms with Gasteiger partial charge in [-0.1, -0.05) is 30.3 Å². The normalized spacial score (nSPS) is 11.8. The van der Waals surface area contributed by atoms with Gasteiger partial charge in [0.1, 0.15) is 12.7 Å². The Kier molecular flexibility index (Phi) is 6.13. The summed E-state index contributed by atoms with van der Waals surface area (Å²) in [6.45, 7) is 0.342. The van der Waals surface area contributed by atoms with Gasteiger partial charge in [-0.25, -0.2) is 14.6 Å². The maximum absolute atomic E-state index is 13.0. The second-order valence-electron chi connectivity index (χ2n) is 7.88. The number of H-pyrrole nitrogens is 1. The van der Waals surface area contributed by atoms with Crippen LogP contribution in [0, 0.1) is 0 Å². The van der Waals surface area contributed by atoms with Gasteiger partial charge in [-0.3, -0.25) is 4.79 Å². The molecule has 5 rings (SSSR count). The average molecular weight is 469 g/mol. The molecule has 1 amide bonds. The molecule has 1 atom stereocenters. The maximum atomic E-state index is 13.0. The van der Waals surface area contributed by atoms with Crippen molar-refractivity contribution in [2.45, 2.75) is 5.92 Å². The zero-order valence-electron chi connectivity index (χ0n) is 19.3. The second-order valence-corrected chi connectivity index (χ2v) is 7.88. The lowest BCUT2D eigenvalue weighted by atomic mass is 9.89. The molecule has 1 unspecified atom stereocenters. The van der Waals surface area contributed by atoms with Crippen molar-refractivity contribution >= 4 is 16.8 Å². The third-order valence-corrected chi connectivity index (χ3v) is 5.94. The molecule has 3 aromatic heterocycles. The molecule has 0 aliphatic heterocycles. The van der Waals surface area contributed by atoms with E-state index in [1.165, 1.54) is 17.2 Å². The third kappa shape index (κ3) is 4.31. The van der Waals surface area contributed by atoms with Gasteiger partial charge in [-0.15, -0.1) is 0 Å². The first kappa shape index (κ1) is 22.1. The van der Waals surface area contributed by atoms with Crippen LogP contribution >= 0.6 is 0 Å². The number of amides is 1. The number of hydrogen-bond acceptors (Lipinski definition) is 6. The van der Waals surface area contributed by atoms with Crippen molar-refractivity contribution in [3.63, 3.8) is 0 Å². The van der Waals surface area contributed by atoms with Crippen molar-refractivity contribution < 1.29 is 14.3 Å². The van der Waals surface area contributed by atoms with Crippen LogP contribution in [0.3, 0.4) is 0 Å². The summed E-state index contributed by atoms with van der Waals surface area (Å²) in [5.41, 5.74) is 3.43. The molecule has 0 fully saturated rings. The van der Waals surface area contributed by atoms with Crippen molar-refractivity contribution in [3.8, 4) is 17.3 Å². The van der Waals surface area contributed by atoms with Crippen molar-refractivity contribution in [1.82, 2.24) is 30.0 Å². The number of fused-ring (bicyclic) bond motifs is 1. The van der Waals surface area contributed by atoms with E-state index in [-0.39, 0.29) is 11.8 Å². The minimum absolute atomic E-state index is 0.192. The number of nitrogens with one attached hydrogen (secondary N) is 2. The molecular weight excluding hydrogens is 444 g/mol. The first-order valence-electron chi connectivity index (χ1n) is 11.1. The Balaban J connectivity index is 1.46. The number of nitrogens with zero attached hydrogens (tertiary/aromatic N) is 4. The zero-order valence-corrected chi connectivity index (χ0v) is 19.3. The highest BCUT2D eigenvalue weighted by molar-refractivity contribution is 5.94. The number of aromatic nitrogens is 5. The number of carbonyl (C=O) groups excluding carboxylic acids is 1. The average Bonchev–Trinajstić information content (AvgIpc) is 3.59. The number of carbonyl (C=O) groups is 1. The summed E-state index contributed by atoms with van der Waals surface area (Å²) in [4.78, 5) is 24.6. The van der Waals surface area contributed by atoms with E-state index in [4.69, 9.17) is 9.47 Å². The fraction of sp³-hybridized carbons (Fsp3) is 0.154. The highest BCUT2D eigenvalue weighted by Gasteiger charge is 2.24. The molecule has 0 radical (unpaired) electrons. The standard InChI is InChI=1S/C26H24N6O3/c1-34-23-9-5-7-19(25(23)35-2)21(20-13-28-22-8-4-3-6-18(20)22)14-30-26(33)17-10-11-24(29-12-17)32-16-27-15-31-32/h3-13,15-16,21,28H,14H2,1-2H3,(H,30,33). The summed E-state index contributed by atoms with van der Waals surface area (Å²) in [5, 5.41) is 8.20. The van der Waals surface area contributed by atoms with E-state index in [1.54, 1.807) is 32.7 Å². The maximum Gasteiger partial charge on any atom is 0.252 e. The van der Waals surface area contributed by atoms with Crippen molar-refractivity contribution in [2.24, 2.45) is 0 Å². The van der Waals surface area contributed by atoms with E-state index in [2.05, 4.69) is 31.4 Å². The molecule has 3 heterocycles. The van der Waals surface area contributed by atoms with E-state index >= 15 is 0 Å². The van der Waals surface area contributed by atoms with E-state index in [0.717, 1.165) is 22.0 Å². The van der Waals surface area contributed by atoms with E-state index in [1.807, 2.05) is 42.6 Å². The predicted octanol–water partition coefficient (Wildman–Crippen LogP) is 3.72. The number of methoxy groups -OCH3 is 2. The van der Waals surface area contributed by atoms with Crippen LogP contribution in [0.1, 0.15) is 27.4 Å². The van der Waals surface area contributed by atoms with Gasteiger partial charge in [0.25, 0.3) is 5.91 Å². The van der Waals surface area contributed by atoms with Crippen LogP contribution in [0.5, 0.6) is 11.5 Å². The van der Waals surface area contributed by atoms with Gasteiger partial charge >= 0.3 is 0 Å². The number of rotatable bonds is 8. The molecule has 0 aliphatic rings. The van der Waals surface area contributed by atoms with Crippen LogP contribution in [0.2, 0.25) is 0 Å². The lowest BCUT2D eigenvalue weighted by Crippen LogP contribution is -2.29. The van der Waals surface area contributed by atoms with Gasteiger partial charge in [-0.05, 0) is 29.8 Å². The molecule has 35 heavy (non-hydrogen) atoms. The predicted molar refractivity (Wildman–Crippen MR) is 131 cm³/mol. The van der Waals surface area contributed by atoms with Crippen LogP contribution in [0.25, 0.3) is 16.7 Å². The lowest BCUT2D eigenvalue weighted by molar-refractivity contribution is 0.0952. The Bertz CT molecular complexity index is 1440. The number of hydrogen-bond donors (Lipinski definition) is 2. The highest BCUT2D eigenvalue weighted by atomic mass is 16.5. The fourth-order valence-electron chi connectivity index (χ4n) is 4.24. The molecule has 0 saturated carbocycles. The summed E-state index contributed by atoms with van der Waals surface area (Å²) in [6.07, 6.45) is 6.49. The number of ether oxygens (including phenoxy) is 2. The molecule has 9 nitrogen and oxygen atoms in total. The van der Waals surface area contributed by atoms with Crippen molar-refractivity contribution in [2.75, 3.05) is 20.8 Å². The Morgan fingerprint density at radius 3 is 2.69 bits per heavy atom. The fourth-order valence-corrected chi connectivity index (χ4v) is 4.24. The van der Waals surface area contributed by atoms with Gasteiger partial charge in [0.15, 0.2) is 17.3 Å². The van der Waals surface area contributed by atoms with Gasteiger partial charge < -0.3 is 19.8 Å². The summed E-state index contributed by atoms with van der Waals surface area (Å²) >= 11 is 0. The molecule has 0 aliphatic carbocycles. The van der Waals surface area contributed by atoms with Gasteiger partial charge in [0.05, 0.1) is 19.8 Å². The summed E-state index contributed by atoms with van der Waals surface area (Å²) in [6, 6.07) is 17.3. The molecule has 5 aromatic rings. The minimum atomic E-state index is -0.227. The van der Waals surface area contributed by atoms with Crippen molar-refractivity contribution in [1.29, 1.82) is 0 Å². The Labute approximate surface area is 201 Å². The van der Waals surface area contributed by atoms with Gasteiger partial charge in [0, 0.05) is 41.3 Å². The van der Waals surface area contributed by atoms with E-state index in [0.29, 0.717) is 29.4 Å². The van der Waals surface area contributed by atoms with Crippen LogP contribution in [-0.4, -0.2) is 51.4 Å². The largest absolute Gasteiger partial charge is 0.493 e. The topological polar surface area (TPSA) is 107 Å². The lowest BCUT2D eigenvalue weighted by Gasteiger charge is -2.22.